The van der Waals surface area contributed by atoms with Crippen LogP contribution in [0.4, 0.5) is 0 Å². The summed E-state index contributed by atoms with van der Waals surface area (Å²) in [6, 6.07) is 6.82. The zero-order valence-corrected chi connectivity index (χ0v) is 10.8. The van der Waals surface area contributed by atoms with E-state index in [1.54, 1.807) is 11.1 Å². The van der Waals surface area contributed by atoms with Gasteiger partial charge in [-0.15, -0.1) is 0 Å². The Bertz CT molecular complexity index is 416. The fourth-order valence-corrected chi connectivity index (χ4v) is 4.33. The predicted molar refractivity (Wildman–Crippen MR) is 72.4 cm³/mol. The van der Waals surface area contributed by atoms with Gasteiger partial charge in [0.15, 0.2) is 0 Å². The van der Waals surface area contributed by atoms with E-state index in [1.165, 1.54) is 44.1 Å². The van der Waals surface area contributed by atoms with Crippen LogP contribution in [-0.4, -0.2) is 6.54 Å². The van der Waals surface area contributed by atoms with E-state index in [0.29, 0.717) is 11.3 Å². The molecule has 0 aliphatic heterocycles. The van der Waals surface area contributed by atoms with Crippen LogP contribution in [0.5, 0.6) is 0 Å². The quantitative estimate of drug-likeness (QED) is 0.781. The Labute approximate surface area is 104 Å². The third kappa shape index (κ3) is 1.63. The van der Waals surface area contributed by atoms with Crippen LogP contribution in [-0.2, 0) is 5.41 Å². The molecule has 0 bridgehead atoms. The molecule has 1 spiro atoms. The number of hydrogen-bond acceptors (Lipinski definition) is 1. The van der Waals surface area contributed by atoms with Crippen molar-refractivity contribution in [3.63, 3.8) is 0 Å². The molecule has 1 fully saturated rings. The van der Waals surface area contributed by atoms with Gasteiger partial charge in [-0.3, -0.25) is 0 Å². The summed E-state index contributed by atoms with van der Waals surface area (Å²) in [5.41, 5.74) is 11.2. The van der Waals surface area contributed by atoms with E-state index in [4.69, 9.17) is 5.73 Å². The smallest absolute Gasteiger partial charge is 0.000780 e. The Hall–Kier alpha value is -0.820. The largest absolute Gasteiger partial charge is 0.330 e. The molecule has 1 unspecified atom stereocenters. The molecule has 1 atom stereocenters. The third-order valence-electron chi connectivity index (χ3n) is 5.01. The van der Waals surface area contributed by atoms with Crippen molar-refractivity contribution in [3.05, 3.63) is 34.9 Å². The van der Waals surface area contributed by atoms with Crippen molar-refractivity contribution >= 4 is 0 Å². The summed E-state index contributed by atoms with van der Waals surface area (Å²) in [4.78, 5) is 0. The highest BCUT2D eigenvalue weighted by atomic mass is 14.6. The first kappa shape index (κ1) is 11.3. The van der Waals surface area contributed by atoms with Gasteiger partial charge >= 0.3 is 0 Å². The van der Waals surface area contributed by atoms with Crippen LogP contribution < -0.4 is 5.73 Å². The molecule has 0 radical (unpaired) electrons. The lowest BCUT2D eigenvalue weighted by atomic mass is 9.69. The lowest BCUT2D eigenvalue weighted by Crippen LogP contribution is -2.27. The first-order valence-corrected chi connectivity index (χ1v) is 7.07. The Morgan fingerprint density at radius 2 is 2.00 bits per heavy atom. The number of hydrogen-bond donors (Lipinski definition) is 1. The molecule has 2 aliphatic carbocycles. The molecule has 17 heavy (non-hydrogen) atoms. The Morgan fingerprint density at radius 3 is 2.71 bits per heavy atom. The van der Waals surface area contributed by atoms with E-state index < -0.39 is 0 Å². The van der Waals surface area contributed by atoms with Crippen LogP contribution in [0, 0.1) is 6.92 Å². The summed E-state index contributed by atoms with van der Waals surface area (Å²) in [5, 5.41) is 0. The lowest BCUT2D eigenvalue weighted by Gasteiger charge is -2.35. The summed E-state index contributed by atoms with van der Waals surface area (Å²) in [7, 11) is 0. The molecular weight excluding hydrogens is 206 g/mol. The maximum Gasteiger partial charge on any atom is -0.000780 e. The molecular formula is C16H23N. The number of nitrogens with two attached hydrogens (primary N) is 1. The van der Waals surface area contributed by atoms with E-state index in [1.807, 2.05) is 0 Å². The average Bonchev–Trinajstić information content (AvgIpc) is 2.66. The monoisotopic (exact) mass is 229 g/mol. The average molecular weight is 229 g/mol. The van der Waals surface area contributed by atoms with Crippen LogP contribution in [0.1, 0.15) is 61.1 Å². The molecule has 0 heterocycles. The van der Waals surface area contributed by atoms with Gasteiger partial charge in [-0.2, -0.15) is 0 Å². The predicted octanol–water partition coefficient (Wildman–Crippen LogP) is 3.64. The second kappa shape index (κ2) is 4.13. The molecule has 1 aromatic rings. The molecule has 1 saturated carbocycles. The second-order valence-corrected chi connectivity index (χ2v) is 6.02. The van der Waals surface area contributed by atoms with Gasteiger partial charge in [0.05, 0.1) is 0 Å². The summed E-state index contributed by atoms with van der Waals surface area (Å²) in [5.74, 6) is 0.614. The summed E-state index contributed by atoms with van der Waals surface area (Å²) in [6.45, 7) is 3.10. The molecule has 0 amide bonds. The van der Waals surface area contributed by atoms with Crippen LogP contribution in [0.25, 0.3) is 0 Å². The number of benzene rings is 1. The maximum absolute atomic E-state index is 5.99. The van der Waals surface area contributed by atoms with Crippen LogP contribution in [0.2, 0.25) is 0 Å². The normalized spacial score (nSPS) is 26.1. The number of fused-ring (bicyclic) bond motifs is 2. The van der Waals surface area contributed by atoms with Gasteiger partial charge in [-0.05, 0) is 60.8 Å². The van der Waals surface area contributed by atoms with Gasteiger partial charge in [0.1, 0.15) is 0 Å². The van der Waals surface area contributed by atoms with Gasteiger partial charge in [0.25, 0.3) is 0 Å². The van der Waals surface area contributed by atoms with E-state index in [-0.39, 0.29) is 0 Å². The minimum Gasteiger partial charge on any atom is -0.330 e. The lowest BCUT2D eigenvalue weighted by molar-refractivity contribution is 0.279. The SMILES string of the molecule is Cc1cccc2c1C1(CCCCC1)CC2CN. The Balaban J connectivity index is 2.10. The molecule has 0 saturated heterocycles. The van der Waals surface area contributed by atoms with Crippen molar-refractivity contribution in [2.75, 3.05) is 6.54 Å². The highest BCUT2D eigenvalue weighted by molar-refractivity contribution is 5.47. The Morgan fingerprint density at radius 1 is 1.24 bits per heavy atom. The van der Waals surface area contributed by atoms with Gasteiger partial charge in [-0.1, -0.05) is 37.5 Å². The van der Waals surface area contributed by atoms with Gasteiger partial charge in [0, 0.05) is 0 Å². The van der Waals surface area contributed by atoms with Crippen LogP contribution >= 0.6 is 0 Å². The molecule has 1 heteroatoms. The van der Waals surface area contributed by atoms with Crippen LogP contribution in [0.15, 0.2) is 18.2 Å². The molecule has 1 nitrogen and oxygen atoms in total. The minimum atomic E-state index is 0.489. The highest BCUT2D eigenvalue weighted by Crippen LogP contribution is 2.54. The molecule has 3 rings (SSSR count). The van der Waals surface area contributed by atoms with Gasteiger partial charge in [0.2, 0.25) is 0 Å². The first-order valence-electron chi connectivity index (χ1n) is 7.07. The van der Waals surface area contributed by atoms with Crippen molar-refractivity contribution in [2.45, 2.75) is 56.8 Å². The maximum atomic E-state index is 5.99. The fraction of sp³-hybridized carbons (Fsp3) is 0.625. The summed E-state index contributed by atoms with van der Waals surface area (Å²) < 4.78 is 0. The van der Waals surface area contributed by atoms with Crippen molar-refractivity contribution in [3.8, 4) is 0 Å². The third-order valence-corrected chi connectivity index (χ3v) is 5.01. The molecule has 2 N–H and O–H groups in total. The van der Waals surface area contributed by atoms with Gasteiger partial charge in [-0.25, -0.2) is 0 Å². The fourth-order valence-electron chi connectivity index (χ4n) is 4.33. The highest BCUT2D eigenvalue weighted by Gasteiger charge is 2.44. The van der Waals surface area contributed by atoms with E-state index in [0.717, 1.165) is 6.54 Å². The van der Waals surface area contributed by atoms with E-state index >= 15 is 0 Å². The van der Waals surface area contributed by atoms with Crippen molar-refractivity contribution in [2.24, 2.45) is 5.73 Å². The molecule has 1 aromatic carbocycles. The standard InChI is InChI=1S/C16H23N/c1-12-6-5-7-14-13(11-17)10-16(15(12)14)8-3-2-4-9-16/h5-7,13H,2-4,8-11,17H2,1H3. The number of aryl methyl sites for hydroxylation is 1. The second-order valence-electron chi connectivity index (χ2n) is 6.02. The van der Waals surface area contributed by atoms with Gasteiger partial charge < -0.3 is 5.73 Å². The van der Waals surface area contributed by atoms with Crippen molar-refractivity contribution < 1.29 is 0 Å². The first-order chi connectivity index (χ1) is 8.27. The topological polar surface area (TPSA) is 26.0 Å². The van der Waals surface area contributed by atoms with Crippen LogP contribution in [0.3, 0.4) is 0 Å². The summed E-state index contributed by atoms with van der Waals surface area (Å²) >= 11 is 0. The minimum absolute atomic E-state index is 0.489. The summed E-state index contributed by atoms with van der Waals surface area (Å²) in [6.07, 6.45) is 8.33. The molecule has 2 aliphatic rings. The van der Waals surface area contributed by atoms with Crippen molar-refractivity contribution in [1.82, 2.24) is 0 Å². The zero-order valence-electron chi connectivity index (χ0n) is 10.8. The zero-order chi connectivity index (χ0) is 11.9. The van der Waals surface area contributed by atoms with E-state index in [9.17, 15) is 0 Å². The number of rotatable bonds is 1. The molecule has 92 valence electrons. The van der Waals surface area contributed by atoms with E-state index in [2.05, 4.69) is 25.1 Å². The molecule has 0 aromatic heterocycles. The Kier molecular flexibility index (Phi) is 2.74. The van der Waals surface area contributed by atoms with Crippen molar-refractivity contribution in [1.29, 1.82) is 0 Å².